The standard InChI is InChI=1S/C16H22N2O3/c1-12(18-16(20)14-8-5-11-21-14)15(19)17-10-9-13-6-3-2-4-7-13/h5-6,8,11-12H,2-4,7,9-10H2,1H3,(H,17,19)(H,18,20)/t12-/m0/s1. The first-order chi connectivity index (χ1) is 10.2. The van der Waals surface area contributed by atoms with Gasteiger partial charge in [-0.2, -0.15) is 0 Å². The average molecular weight is 290 g/mol. The molecule has 0 radical (unpaired) electrons. The Morgan fingerprint density at radius 2 is 2.24 bits per heavy atom. The number of carbonyl (C=O) groups excluding carboxylic acids is 2. The van der Waals surface area contributed by atoms with E-state index in [4.69, 9.17) is 4.42 Å². The summed E-state index contributed by atoms with van der Waals surface area (Å²) in [5.74, 6) is -0.342. The number of amides is 2. The summed E-state index contributed by atoms with van der Waals surface area (Å²) in [7, 11) is 0. The summed E-state index contributed by atoms with van der Waals surface area (Å²) in [4.78, 5) is 23.7. The highest BCUT2D eigenvalue weighted by atomic mass is 16.3. The molecular weight excluding hydrogens is 268 g/mol. The molecule has 1 heterocycles. The first-order valence-electron chi connectivity index (χ1n) is 7.47. The number of carbonyl (C=O) groups is 2. The van der Waals surface area contributed by atoms with E-state index in [0.717, 1.165) is 19.3 Å². The topological polar surface area (TPSA) is 71.3 Å². The number of rotatable bonds is 6. The Labute approximate surface area is 124 Å². The van der Waals surface area contributed by atoms with Gasteiger partial charge in [-0.1, -0.05) is 11.6 Å². The zero-order valence-corrected chi connectivity index (χ0v) is 12.4. The van der Waals surface area contributed by atoms with Crippen LogP contribution in [0.1, 0.15) is 49.6 Å². The van der Waals surface area contributed by atoms with E-state index in [1.54, 1.807) is 19.1 Å². The lowest BCUT2D eigenvalue weighted by atomic mass is 9.97. The molecule has 1 aromatic rings. The van der Waals surface area contributed by atoms with Crippen LogP contribution in [0.25, 0.3) is 0 Å². The molecule has 0 saturated heterocycles. The third-order valence-corrected chi connectivity index (χ3v) is 3.62. The average Bonchev–Trinajstić information content (AvgIpc) is 3.02. The zero-order valence-electron chi connectivity index (χ0n) is 12.4. The smallest absolute Gasteiger partial charge is 0.287 e. The third kappa shape index (κ3) is 4.77. The minimum atomic E-state index is -0.581. The predicted octanol–water partition coefficient (Wildman–Crippen LogP) is 2.40. The summed E-state index contributed by atoms with van der Waals surface area (Å²) in [6.45, 7) is 2.28. The molecule has 0 spiro atoms. The molecule has 0 unspecified atom stereocenters. The summed E-state index contributed by atoms with van der Waals surface area (Å²) in [5.41, 5.74) is 1.42. The van der Waals surface area contributed by atoms with Gasteiger partial charge in [0, 0.05) is 6.54 Å². The molecule has 0 bridgehead atoms. The lowest BCUT2D eigenvalue weighted by Gasteiger charge is -2.15. The highest BCUT2D eigenvalue weighted by molar-refractivity contribution is 5.95. The molecule has 5 nitrogen and oxygen atoms in total. The monoisotopic (exact) mass is 290 g/mol. The molecule has 5 heteroatoms. The molecule has 21 heavy (non-hydrogen) atoms. The number of hydrogen-bond acceptors (Lipinski definition) is 3. The SMILES string of the molecule is C[C@H](NC(=O)c1ccco1)C(=O)NCCC1=CCCCC1. The van der Waals surface area contributed by atoms with E-state index in [1.807, 2.05) is 0 Å². The zero-order chi connectivity index (χ0) is 15.1. The van der Waals surface area contributed by atoms with Gasteiger partial charge in [-0.25, -0.2) is 0 Å². The fourth-order valence-electron chi connectivity index (χ4n) is 2.37. The lowest BCUT2D eigenvalue weighted by Crippen LogP contribution is -2.45. The maximum Gasteiger partial charge on any atom is 0.287 e. The van der Waals surface area contributed by atoms with Crippen LogP contribution in [-0.4, -0.2) is 24.4 Å². The minimum absolute atomic E-state index is 0.175. The Morgan fingerprint density at radius 3 is 2.90 bits per heavy atom. The van der Waals surface area contributed by atoms with Gasteiger partial charge in [0.05, 0.1) is 6.26 Å². The quantitative estimate of drug-likeness (QED) is 0.790. The second-order valence-corrected chi connectivity index (χ2v) is 5.32. The van der Waals surface area contributed by atoms with Crippen molar-refractivity contribution < 1.29 is 14.0 Å². The maximum atomic E-state index is 11.9. The molecule has 0 saturated carbocycles. The van der Waals surface area contributed by atoms with Crippen molar-refractivity contribution in [2.24, 2.45) is 0 Å². The van der Waals surface area contributed by atoms with Gasteiger partial charge < -0.3 is 15.1 Å². The number of hydrogen-bond donors (Lipinski definition) is 2. The second kappa shape index (κ2) is 7.67. The Kier molecular flexibility index (Phi) is 5.60. The van der Waals surface area contributed by atoms with Crippen molar-refractivity contribution in [2.45, 2.75) is 45.1 Å². The van der Waals surface area contributed by atoms with E-state index in [0.29, 0.717) is 6.54 Å². The van der Waals surface area contributed by atoms with Gasteiger partial charge in [0.2, 0.25) is 5.91 Å². The van der Waals surface area contributed by atoms with E-state index < -0.39 is 6.04 Å². The van der Waals surface area contributed by atoms with Crippen LogP contribution in [0.3, 0.4) is 0 Å². The van der Waals surface area contributed by atoms with Crippen LogP contribution >= 0.6 is 0 Å². The van der Waals surface area contributed by atoms with Crippen molar-refractivity contribution in [3.05, 3.63) is 35.8 Å². The van der Waals surface area contributed by atoms with Crippen molar-refractivity contribution in [1.29, 1.82) is 0 Å². The van der Waals surface area contributed by atoms with Crippen LogP contribution in [0.4, 0.5) is 0 Å². The molecule has 2 amide bonds. The fraction of sp³-hybridized carbons (Fsp3) is 0.500. The van der Waals surface area contributed by atoms with Crippen molar-refractivity contribution in [3.63, 3.8) is 0 Å². The first-order valence-corrected chi connectivity index (χ1v) is 7.47. The second-order valence-electron chi connectivity index (χ2n) is 5.32. The highest BCUT2D eigenvalue weighted by Gasteiger charge is 2.17. The third-order valence-electron chi connectivity index (χ3n) is 3.62. The van der Waals surface area contributed by atoms with Gasteiger partial charge in [0.25, 0.3) is 5.91 Å². The van der Waals surface area contributed by atoms with E-state index in [1.165, 1.54) is 24.7 Å². The van der Waals surface area contributed by atoms with E-state index >= 15 is 0 Å². The van der Waals surface area contributed by atoms with Crippen LogP contribution in [0.15, 0.2) is 34.5 Å². The summed E-state index contributed by atoms with van der Waals surface area (Å²) in [6, 6.07) is 2.62. The van der Waals surface area contributed by atoms with Crippen molar-refractivity contribution >= 4 is 11.8 Å². The van der Waals surface area contributed by atoms with Gasteiger partial charge in [0.15, 0.2) is 5.76 Å². The molecule has 1 atom stereocenters. The van der Waals surface area contributed by atoms with Gasteiger partial charge in [-0.3, -0.25) is 9.59 Å². The van der Waals surface area contributed by atoms with Crippen molar-refractivity contribution in [2.75, 3.05) is 6.54 Å². The molecule has 1 aliphatic rings. The fourth-order valence-corrected chi connectivity index (χ4v) is 2.37. The minimum Gasteiger partial charge on any atom is -0.459 e. The summed E-state index contributed by atoms with van der Waals surface area (Å²) in [6.07, 6.45) is 9.40. The van der Waals surface area contributed by atoms with Gasteiger partial charge in [-0.15, -0.1) is 0 Å². The summed E-state index contributed by atoms with van der Waals surface area (Å²) < 4.78 is 4.99. The lowest BCUT2D eigenvalue weighted by molar-refractivity contribution is -0.122. The largest absolute Gasteiger partial charge is 0.459 e. The highest BCUT2D eigenvalue weighted by Crippen LogP contribution is 2.19. The Morgan fingerprint density at radius 1 is 1.38 bits per heavy atom. The molecule has 2 N–H and O–H groups in total. The molecule has 114 valence electrons. The number of allylic oxidation sites excluding steroid dienone is 1. The molecule has 2 rings (SSSR count). The van der Waals surface area contributed by atoms with E-state index in [9.17, 15) is 9.59 Å². The maximum absolute atomic E-state index is 11.9. The Balaban J connectivity index is 1.70. The van der Waals surface area contributed by atoms with Gasteiger partial charge in [0.1, 0.15) is 6.04 Å². The summed E-state index contributed by atoms with van der Waals surface area (Å²) >= 11 is 0. The van der Waals surface area contributed by atoms with Crippen LogP contribution in [0.2, 0.25) is 0 Å². The van der Waals surface area contributed by atoms with E-state index in [2.05, 4.69) is 16.7 Å². The number of nitrogens with one attached hydrogen (secondary N) is 2. The normalized spacial score (nSPS) is 16.0. The summed E-state index contributed by atoms with van der Waals surface area (Å²) in [5, 5.41) is 5.47. The van der Waals surface area contributed by atoms with Gasteiger partial charge in [-0.05, 0) is 51.2 Å². The first kappa shape index (κ1) is 15.4. The van der Waals surface area contributed by atoms with Crippen LogP contribution < -0.4 is 10.6 Å². The van der Waals surface area contributed by atoms with Crippen molar-refractivity contribution in [3.8, 4) is 0 Å². The van der Waals surface area contributed by atoms with Crippen molar-refractivity contribution in [1.82, 2.24) is 10.6 Å². The van der Waals surface area contributed by atoms with Crippen LogP contribution in [0, 0.1) is 0 Å². The Hall–Kier alpha value is -2.04. The molecule has 1 aliphatic carbocycles. The number of furan rings is 1. The molecule has 0 aliphatic heterocycles. The molecule has 1 aromatic heterocycles. The van der Waals surface area contributed by atoms with Crippen LogP contribution in [-0.2, 0) is 4.79 Å². The van der Waals surface area contributed by atoms with Crippen LogP contribution in [0.5, 0.6) is 0 Å². The molecular formula is C16H22N2O3. The predicted molar refractivity (Wildman–Crippen MR) is 79.8 cm³/mol. The molecule has 0 aromatic carbocycles. The van der Waals surface area contributed by atoms with E-state index in [-0.39, 0.29) is 17.6 Å². The van der Waals surface area contributed by atoms with Gasteiger partial charge >= 0.3 is 0 Å². The Bertz CT molecular complexity index is 506. The molecule has 0 fully saturated rings.